The Morgan fingerprint density at radius 1 is 1.05 bits per heavy atom. The predicted molar refractivity (Wildman–Crippen MR) is 67.4 cm³/mol. The first kappa shape index (κ1) is 14.0. The lowest BCUT2D eigenvalue weighted by atomic mass is 10.2. The second-order valence-corrected chi connectivity index (χ2v) is 4.35. The van der Waals surface area contributed by atoms with Crippen LogP contribution in [0, 0.1) is 17.5 Å². The highest BCUT2D eigenvalue weighted by molar-refractivity contribution is 6.30. The Labute approximate surface area is 117 Å². The topological polar surface area (TPSA) is 9.23 Å². The average molecular weight is 307 g/mol. The Hall–Kier alpha value is -1.39. The van der Waals surface area contributed by atoms with Crippen LogP contribution < -0.4 is 4.74 Å². The summed E-state index contributed by atoms with van der Waals surface area (Å²) in [5.41, 5.74) is 0.260. The van der Waals surface area contributed by atoms with Gasteiger partial charge in [0, 0.05) is 5.88 Å². The Morgan fingerprint density at radius 3 is 2.26 bits per heavy atom. The SMILES string of the molecule is Fc1cc(CCl)cc(F)c1Oc1cccc(Cl)c1F. The highest BCUT2D eigenvalue weighted by Gasteiger charge is 2.16. The fourth-order valence-corrected chi connectivity index (χ4v) is 1.78. The first-order valence-electron chi connectivity index (χ1n) is 5.18. The summed E-state index contributed by atoms with van der Waals surface area (Å²) in [5, 5.41) is -0.198. The lowest BCUT2D eigenvalue weighted by molar-refractivity contribution is 0.387. The number of hydrogen-bond donors (Lipinski definition) is 0. The van der Waals surface area contributed by atoms with Gasteiger partial charge in [-0.1, -0.05) is 17.7 Å². The molecule has 0 aliphatic rings. The number of alkyl halides is 1. The molecule has 0 amide bonds. The fraction of sp³-hybridized carbons (Fsp3) is 0.0769. The molecule has 0 atom stereocenters. The largest absolute Gasteiger partial charge is 0.448 e. The van der Waals surface area contributed by atoms with E-state index in [2.05, 4.69) is 0 Å². The van der Waals surface area contributed by atoms with Crippen molar-refractivity contribution in [3.63, 3.8) is 0 Å². The molecule has 0 aliphatic carbocycles. The van der Waals surface area contributed by atoms with Gasteiger partial charge in [0.2, 0.25) is 0 Å². The van der Waals surface area contributed by atoms with E-state index in [-0.39, 0.29) is 22.2 Å². The van der Waals surface area contributed by atoms with Gasteiger partial charge in [0.15, 0.2) is 29.0 Å². The summed E-state index contributed by atoms with van der Waals surface area (Å²) in [5.74, 6) is -3.91. The lowest BCUT2D eigenvalue weighted by Gasteiger charge is -2.10. The van der Waals surface area contributed by atoms with E-state index in [1.807, 2.05) is 0 Å². The molecule has 0 saturated heterocycles. The molecule has 2 aromatic rings. The Bertz CT molecular complexity index is 594. The molecule has 19 heavy (non-hydrogen) atoms. The molecule has 0 unspecified atom stereocenters. The van der Waals surface area contributed by atoms with E-state index in [9.17, 15) is 13.2 Å². The summed E-state index contributed by atoms with van der Waals surface area (Å²) in [4.78, 5) is 0. The maximum absolute atomic E-state index is 13.6. The van der Waals surface area contributed by atoms with Crippen molar-refractivity contribution in [1.82, 2.24) is 0 Å². The van der Waals surface area contributed by atoms with E-state index in [0.29, 0.717) is 0 Å². The van der Waals surface area contributed by atoms with E-state index in [0.717, 1.165) is 12.1 Å². The maximum atomic E-state index is 13.6. The minimum atomic E-state index is -0.963. The zero-order valence-corrected chi connectivity index (χ0v) is 10.9. The normalized spacial score (nSPS) is 10.6. The zero-order valence-electron chi connectivity index (χ0n) is 9.39. The molecule has 6 heteroatoms. The first-order chi connectivity index (χ1) is 9.02. The van der Waals surface area contributed by atoms with Crippen molar-refractivity contribution >= 4 is 23.2 Å². The van der Waals surface area contributed by atoms with Gasteiger partial charge in [0.25, 0.3) is 0 Å². The maximum Gasteiger partial charge on any atom is 0.198 e. The standard InChI is InChI=1S/C13H7Cl2F3O/c14-6-7-4-9(16)13(10(17)5-7)19-11-3-1-2-8(15)12(11)18/h1-5H,6H2. The fourth-order valence-electron chi connectivity index (χ4n) is 1.46. The summed E-state index contributed by atoms with van der Waals surface area (Å²) >= 11 is 11.0. The van der Waals surface area contributed by atoms with Crippen molar-refractivity contribution in [2.75, 3.05) is 0 Å². The van der Waals surface area contributed by atoms with Gasteiger partial charge >= 0.3 is 0 Å². The molecule has 0 spiro atoms. The molecule has 0 fully saturated rings. The zero-order chi connectivity index (χ0) is 14.0. The monoisotopic (exact) mass is 306 g/mol. The van der Waals surface area contributed by atoms with Crippen LogP contribution in [-0.4, -0.2) is 0 Å². The van der Waals surface area contributed by atoms with Gasteiger partial charge in [-0.25, -0.2) is 13.2 Å². The molecule has 1 nitrogen and oxygen atoms in total. The molecule has 2 rings (SSSR count). The summed E-state index contributed by atoms with van der Waals surface area (Å²) in [6.45, 7) is 0. The number of benzene rings is 2. The van der Waals surface area contributed by atoms with Gasteiger partial charge in [-0.05, 0) is 29.8 Å². The number of hydrogen-bond acceptors (Lipinski definition) is 1. The second kappa shape index (κ2) is 5.72. The highest BCUT2D eigenvalue weighted by atomic mass is 35.5. The summed E-state index contributed by atoms with van der Waals surface area (Å²) in [6, 6.07) is 5.97. The number of rotatable bonds is 3. The molecular weight excluding hydrogens is 300 g/mol. The van der Waals surface area contributed by atoms with Crippen LogP contribution in [0.2, 0.25) is 5.02 Å². The van der Waals surface area contributed by atoms with Gasteiger partial charge in [-0.15, -0.1) is 11.6 Å². The van der Waals surface area contributed by atoms with Gasteiger partial charge in [0.05, 0.1) is 5.02 Å². The summed E-state index contributed by atoms with van der Waals surface area (Å²) < 4.78 is 45.7. The third-order valence-electron chi connectivity index (χ3n) is 2.34. The summed E-state index contributed by atoms with van der Waals surface area (Å²) in [7, 11) is 0. The minimum Gasteiger partial charge on any atom is -0.448 e. The lowest BCUT2D eigenvalue weighted by Crippen LogP contribution is -1.96. The van der Waals surface area contributed by atoms with Gasteiger partial charge < -0.3 is 4.74 Å². The summed E-state index contributed by atoms with van der Waals surface area (Å²) in [6.07, 6.45) is 0. The van der Waals surface area contributed by atoms with Crippen molar-refractivity contribution in [2.24, 2.45) is 0 Å². The minimum absolute atomic E-state index is 0.0420. The molecule has 100 valence electrons. The van der Waals surface area contributed by atoms with Crippen molar-refractivity contribution < 1.29 is 17.9 Å². The van der Waals surface area contributed by atoms with Crippen LogP contribution in [0.4, 0.5) is 13.2 Å². The molecule has 0 radical (unpaired) electrons. The quantitative estimate of drug-likeness (QED) is 0.700. The average Bonchev–Trinajstić information content (AvgIpc) is 2.38. The van der Waals surface area contributed by atoms with E-state index in [1.165, 1.54) is 18.2 Å². The molecule has 0 saturated carbocycles. The molecular formula is C13H7Cl2F3O. The Kier molecular flexibility index (Phi) is 4.22. The Morgan fingerprint density at radius 2 is 1.68 bits per heavy atom. The highest BCUT2D eigenvalue weighted by Crippen LogP contribution is 2.32. The third kappa shape index (κ3) is 2.96. The van der Waals surface area contributed by atoms with Crippen molar-refractivity contribution in [3.05, 3.63) is 58.4 Å². The van der Waals surface area contributed by atoms with Crippen LogP contribution in [0.25, 0.3) is 0 Å². The van der Waals surface area contributed by atoms with E-state index in [1.54, 1.807) is 0 Å². The third-order valence-corrected chi connectivity index (χ3v) is 2.94. The first-order valence-corrected chi connectivity index (χ1v) is 6.10. The number of halogens is 5. The van der Waals surface area contributed by atoms with E-state index >= 15 is 0 Å². The van der Waals surface area contributed by atoms with Crippen molar-refractivity contribution in [3.8, 4) is 11.5 Å². The molecule has 2 aromatic carbocycles. The van der Waals surface area contributed by atoms with Crippen molar-refractivity contribution in [1.29, 1.82) is 0 Å². The van der Waals surface area contributed by atoms with E-state index in [4.69, 9.17) is 27.9 Å². The molecule has 0 aliphatic heterocycles. The molecule has 0 N–H and O–H groups in total. The van der Waals surface area contributed by atoms with Gasteiger partial charge in [-0.3, -0.25) is 0 Å². The molecule has 0 bridgehead atoms. The molecule has 0 aromatic heterocycles. The van der Waals surface area contributed by atoms with Crippen LogP contribution in [-0.2, 0) is 5.88 Å². The van der Waals surface area contributed by atoms with Crippen LogP contribution in [0.15, 0.2) is 30.3 Å². The number of ether oxygens (including phenoxy) is 1. The van der Waals surface area contributed by atoms with Crippen LogP contribution in [0.5, 0.6) is 11.5 Å². The van der Waals surface area contributed by atoms with Crippen LogP contribution >= 0.6 is 23.2 Å². The van der Waals surface area contributed by atoms with Crippen LogP contribution in [0.3, 0.4) is 0 Å². The van der Waals surface area contributed by atoms with Crippen molar-refractivity contribution in [2.45, 2.75) is 5.88 Å². The predicted octanol–water partition coefficient (Wildman–Crippen LogP) is 5.29. The second-order valence-electron chi connectivity index (χ2n) is 3.68. The van der Waals surface area contributed by atoms with Gasteiger partial charge in [-0.2, -0.15) is 0 Å². The smallest absolute Gasteiger partial charge is 0.198 e. The Balaban J connectivity index is 2.41. The molecule has 0 heterocycles. The van der Waals surface area contributed by atoms with E-state index < -0.39 is 23.2 Å². The van der Waals surface area contributed by atoms with Crippen LogP contribution in [0.1, 0.15) is 5.56 Å². The van der Waals surface area contributed by atoms with Gasteiger partial charge in [0.1, 0.15) is 0 Å².